The van der Waals surface area contributed by atoms with E-state index in [1.165, 1.54) is 7.05 Å². The molecule has 3 amide bonds. The van der Waals surface area contributed by atoms with Gasteiger partial charge in [-0.2, -0.15) is 0 Å². The van der Waals surface area contributed by atoms with E-state index in [4.69, 9.17) is 20.9 Å². The summed E-state index contributed by atoms with van der Waals surface area (Å²) in [6, 6.07) is 12.4. The lowest BCUT2D eigenvalue weighted by atomic mass is 10.1. The highest BCUT2D eigenvalue weighted by Crippen LogP contribution is 2.17. The first-order valence-electron chi connectivity index (χ1n) is 11.3. The number of ether oxygens (including phenoxy) is 2. The van der Waals surface area contributed by atoms with Gasteiger partial charge in [-0.1, -0.05) is 36.4 Å². The Morgan fingerprint density at radius 1 is 1.08 bits per heavy atom. The van der Waals surface area contributed by atoms with Crippen LogP contribution in [0.2, 0.25) is 0 Å². The van der Waals surface area contributed by atoms with Crippen molar-refractivity contribution in [3.05, 3.63) is 65.6 Å². The van der Waals surface area contributed by atoms with E-state index in [-0.39, 0.29) is 25.7 Å². The summed E-state index contributed by atoms with van der Waals surface area (Å²) in [5, 5.41) is 11.3. The molecule has 192 valence electrons. The number of amides is 3. The smallest absolute Gasteiger partial charge is 0.410 e. The molecule has 1 aromatic carbocycles. The highest BCUT2D eigenvalue weighted by Gasteiger charge is 2.28. The largest absolute Gasteiger partial charge is 0.444 e. The van der Waals surface area contributed by atoms with E-state index >= 15 is 0 Å². The molecule has 1 atom stereocenters. The first-order valence-corrected chi connectivity index (χ1v) is 11.3. The topological polar surface area (TPSA) is 167 Å². The van der Waals surface area contributed by atoms with Crippen molar-refractivity contribution in [1.29, 1.82) is 0 Å². The van der Waals surface area contributed by atoms with E-state index in [1.54, 1.807) is 36.6 Å². The molecule has 0 aliphatic heterocycles. The van der Waals surface area contributed by atoms with Crippen LogP contribution in [0, 0.1) is 0 Å². The number of aromatic nitrogens is 3. The van der Waals surface area contributed by atoms with Crippen LogP contribution in [0.5, 0.6) is 0 Å². The van der Waals surface area contributed by atoms with E-state index in [0.717, 1.165) is 10.5 Å². The molecular weight excluding hydrogens is 466 g/mol. The van der Waals surface area contributed by atoms with Crippen molar-refractivity contribution < 1.29 is 23.9 Å². The number of hydrogen-bond donors (Lipinski definition) is 3. The van der Waals surface area contributed by atoms with Gasteiger partial charge < -0.3 is 31.2 Å². The van der Waals surface area contributed by atoms with Crippen molar-refractivity contribution in [2.45, 2.75) is 38.6 Å². The SMILES string of the molecule is CN(CC(N)=O)C(=O)OCc1ccc2nnc([C@@H](COCc3ccccc3)NC(=O)C(C)(C)N)n2c1. The number of benzene rings is 1. The van der Waals surface area contributed by atoms with Gasteiger partial charge in [0.1, 0.15) is 19.2 Å². The van der Waals surface area contributed by atoms with Crippen LogP contribution in [0.4, 0.5) is 4.79 Å². The zero-order valence-electron chi connectivity index (χ0n) is 20.5. The Balaban J connectivity index is 1.78. The van der Waals surface area contributed by atoms with Crippen molar-refractivity contribution in [1.82, 2.24) is 24.8 Å². The van der Waals surface area contributed by atoms with Crippen molar-refractivity contribution in [3.63, 3.8) is 0 Å². The molecule has 2 aromatic heterocycles. The summed E-state index contributed by atoms with van der Waals surface area (Å²) >= 11 is 0. The van der Waals surface area contributed by atoms with Gasteiger partial charge in [-0.15, -0.1) is 10.2 Å². The molecule has 0 radical (unpaired) electrons. The average molecular weight is 498 g/mol. The average Bonchev–Trinajstić information content (AvgIpc) is 3.24. The van der Waals surface area contributed by atoms with Gasteiger partial charge in [-0.3, -0.25) is 14.0 Å². The second-order valence-electron chi connectivity index (χ2n) is 8.95. The van der Waals surface area contributed by atoms with Crippen molar-refractivity contribution in [2.24, 2.45) is 11.5 Å². The summed E-state index contributed by atoms with van der Waals surface area (Å²) in [7, 11) is 1.41. The number of fused-ring (bicyclic) bond motifs is 1. The number of likely N-dealkylation sites (N-methyl/N-ethyl adjacent to an activating group) is 1. The molecule has 3 aromatic rings. The predicted molar refractivity (Wildman–Crippen MR) is 130 cm³/mol. The molecule has 3 rings (SSSR count). The number of carbonyl (C=O) groups excluding carboxylic acids is 3. The zero-order chi connectivity index (χ0) is 26.3. The summed E-state index contributed by atoms with van der Waals surface area (Å²) in [6.45, 7) is 3.36. The molecule has 0 aliphatic carbocycles. The van der Waals surface area contributed by atoms with Gasteiger partial charge in [-0.25, -0.2) is 4.79 Å². The fraction of sp³-hybridized carbons (Fsp3) is 0.375. The molecule has 0 unspecified atom stereocenters. The van der Waals surface area contributed by atoms with Crippen LogP contribution < -0.4 is 16.8 Å². The summed E-state index contributed by atoms with van der Waals surface area (Å²) in [5.41, 5.74) is 12.1. The van der Waals surface area contributed by atoms with Crippen LogP contribution in [0.15, 0.2) is 48.7 Å². The van der Waals surface area contributed by atoms with E-state index in [2.05, 4.69) is 15.5 Å². The van der Waals surface area contributed by atoms with E-state index in [0.29, 0.717) is 23.6 Å². The van der Waals surface area contributed by atoms with Gasteiger partial charge in [-0.05, 0) is 25.5 Å². The Bertz CT molecular complexity index is 1210. The summed E-state index contributed by atoms with van der Waals surface area (Å²) < 4.78 is 12.8. The highest BCUT2D eigenvalue weighted by atomic mass is 16.6. The molecule has 0 saturated carbocycles. The first kappa shape index (κ1) is 26.6. The molecular formula is C24H31N7O5. The van der Waals surface area contributed by atoms with Gasteiger partial charge >= 0.3 is 6.09 Å². The van der Waals surface area contributed by atoms with Crippen molar-refractivity contribution in [3.8, 4) is 0 Å². The monoisotopic (exact) mass is 497 g/mol. The molecule has 5 N–H and O–H groups in total. The Hall–Kier alpha value is -4.03. The maximum atomic E-state index is 12.7. The molecule has 36 heavy (non-hydrogen) atoms. The Morgan fingerprint density at radius 3 is 2.47 bits per heavy atom. The van der Waals surface area contributed by atoms with Gasteiger partial charge in [0.15, 0.2) is 11.5 Å². The zero-order valence-corrected chi connectivity index (χ0v) is 20.5. The number of carbonyl (C=O) groups is 3. The Labute approximate surface area is 208 Å². The molecule has 12 nitrogen and oxygen atoms in total. The maximum absolute atomic E-state index is 12.7. The summed E-state index contributed by atoms with van der Waals surface area (Å²) in [4.78, 5) is 36.8. The Morgan fingerprint density at radius 2 is 1.81 bits per heavy atom. The van der Waals surface area contributed by atoms with Crippen LogP contribution in [0.3, 0.4) is 0 Å². The highest BCUT2D eigenvalue weighted by molar-refractivity contribution is 5.85. The molecule has 0 spiro atoms. The van der Waals surface area contributed by atoms with Gasteiger partial charge in [0.2, 0.25) is 11.8 Å². The van der Waals surface area contributed by atoms with Gasteiger partial charge in [0.05, 0.1) is 18.8 Å². The van der Waals surface area contributed by atoms with Crippen LogP contribution in [0.1, 0.15) is 36.8 Å². The summed E-state index contributed by atoms with van der Waals surface area (Å²) in [5.74, 6) is -0.599. The third kappa shape index (κ3) is 7.23. The van der Waals surface area contributed by atoms with Crippen LogP contribution in [0.25, 0.3) is 5.65 Å². The number of nitrogens with zero attached hydrogens (tertiary/aromatic N) is 4. The summed E-state index contributed by atoms with van der Waals surface area (Å²) in [6.07, 6.45) is 1.01. The first-order chi connectivity index (χ1) is 17.0. The number of pyridine rings is 1. The molecule has 0 aliphatic rings. The molecule has 2 heterocycles. The van der Waals surface area contributed by atoms with Gasteiger partial charge in [0.25, 0.3) is 0 Å². The molecule has 0 bridgehead atoms. The van der Waals surface area contributed by atoms with E-state index in [9.17, 15) is 14.4 Å². The van der Waals surface area contributed by atoms with Crippen LogP contribution >= 0.6 is 0 Å². The standard InChI is InChI=1S/C24H31N7O5/c1-24(2,26)22(33)27-18(15-35-13-16-7-5-4-6-8-16)21-29-28-20-10-9-17(11-31(20)21)14-36-23(34)30(3)12-19(25)32/h4-11,18H,12-15,26H2,1-3H3,(H2,25,32)(H,27,33)/t18-/m1/s1. The molecule has 0 fully saturated rings. The van der Waals surface area contributed by atoms with Crippen molar-refractivity contribution in [2.75, 3.05) is 20.2 Å². The van der Waals surface area contributed by atoms with Gasteiger partial charge in [0, 0.05) is 18.8 Å². The molecule has 12 heteroatoms. The quantitative estimate of drug-likeness (QED) is 0.351. The number of hydrogen-bond acceptors (Lipinski definition) is 8. The lowest BCUT2D eigenvalue weighted by molar-refractivity contribution is -0.126. The Kier molecular flexibility index (Phi) is 8.56. The number of nitrogens with two attached hydrogens (primary N) is 2. The second kappa shape index (κ2) is 11.6. The van der Waals surface area contributed by atoms with Crippen molar-refractivity contribution >= 4 is 23.6 Å². The predicted octanol–water partition coefficient (Wildman–Crippen LogP) is 0.894. The second-order valence-corrected chi connectivity index (χ2v) is 8.95. The number of primary amides is 1. The third-order valence-electron chi connectivity index (χ3n) is 5.16. The minimum Gasteiger partial charge on any atom is -0.444 e. The normalized spacial score (nSPS) is 12.2. The maximum Gasteiger partial charge on any atom is 0.410 e. The number of rotatable bonds is 11. The minimum absolute atomic E-state index is 0.0626. The van der Waals surface area contributed by atoms with Crippen LogP contribution in [-0.2, 0) is 32.3 Å². The van der Waals surface area contributed by atoms with E-state index < -0.39 is 23.6 Å². The lowest BCUT2D eigenvalue weighted by Crippen LogP contribution is -2.50. The lowest BCUT2D eigenvalue weighted by Gasteiger charge is -2.23. The fourth-order valence-electron chi connectivity index (χ4n) is 3.22. The van der Waals surface area contributed by atoms with E-state index in [1.807, 2.05) is 30.3 Å². The fourth-order valence-corrected chi connectivity index (χ4v) is 3.22. The van der Waals surface area contributed by atoms with Crippen LogP contribution in [-0.4, -0.2) is 63.1 Å². The minimum atomic E-state index is -1.12. The number of nitrogens with one attached hydrogen (secondary N) is 1. The third-order valence-corrected chi connectivity index (χ3v) is 5.16. The molecule has 0 saturated heterocycles.